The summed E-state index contributed by atoms with van der Waals surface area (Å²) in [5.41, 5.74) is 1.60. The van der Waals surface area contributed by atoms with Crippen molar-refractivity contribution in [2.24, 2.45) is 0 Å². The van der Waals surface area contributed by atoms with E-state index >= 15 is 0 Å². The molecule has 2 rings (SSSR count). The molecule has 2 amide bonds. The van der Waals surface area contributed by atoms with Crippen molar-refractivity contribution in [1.82, 2.24) is 10.2 Å². The molecule has 1 N–H and O–H groups in total. The summed E-state index contributed by atoms with van der Waals surface area (Å²) in [6.07, 6.45) is -0.308. The summed E-state index contributed by atoms with van der Waals surface area (Å²) >= 11 is 0. The van der Waals surface area contributed by atoms with Crippen LogP contribution < -0.4 is 5.32 Å². The van der Waals surface area contributed by atoms with Gasteiger partial charge in [-0.05, 0) is 25.5 Å². The lowest BCUT2D eigenvalue weighted by molar-refractivity contribution is 0.0930. The van der Waals surface area contributed by atoms with Gasteiger partial charge in [-0.2, -0.15) is 0 Å². The lowest BCUT2D eigenvalue weighted by Gasteiger charge is -2.20. The highest BCUT2D eigenvalue weighted by atomic mass is 16.6. The Bertz CT molecular complexity index is 487. The minimum atomic E-state index is -0.308. The van der Waals surface area contributed by atoms with E-state index in [9.17, 15) is 9.59 Å². The van der Waals surface area contributed by atoms with Gasteiger partial charge in [-0.25, -0.2) is 4.79 Å². The number of rotatable bonds is 4. The summed E-state index contributed by atoms with van der Waals surface area (Å²) < 4.78 is 4.85. The first-order valence-electron chi connectivity index (χ1n) is 6.36. The van der Waals surface area contributed by atoms with Crippen molar-refractivity contribution >= 4 is 12.0 Å². The van der Waals surface area contributed by atoms with Gasteiger partial charge in [0.2, 0.25) is 0 Å². The molecule has 0 unspecified atom stereocenters. The van der Waals surface area contributed by atoms with Crippen molar-refractivity contribution in [3.8, 4) is 0 Å². The van der Waals surface area contributed by atoms with E-state index in [1.807, 2.05) is 32.0 Å². The van der Waals surface area contributed by atoms with Crippen molar-refractivity contribution in [3.63, 3.8) is 0 Å². The maximum Gasteiger partial charge on any atom is 0.410 e. The van der Waals surface area contributed by atoms with Gasteiger partial charge in [-0.1, -0.05) is 18.2 Å². The van der Waals surface area contributed by atoms with Crippen molar-refractivity contribution in [2.75, 3.05) is 19.7 Å². The number of benzene rings is 1. The Morgan fingerprint density at radius 1 is 1.47 bits per heavy atom. The monoisotopic (exact) mass is 262 g/mol. The maximum atomic E-state index is 12.1. The largest absolute Gasteiger partial charge is 0.448 e. The third-order valence-corrected chi connectivity index (χ3v) is 3.11. The average molecular weight is 262 g/mol. The third kappa shape index (κ3) is 3.24. The van der Waals surface area contributed by atoms with E-state index in [1.54, 1.807) is 11.0 Å². The first kappa shape index (κ1) is 13.4. The van der Waals surface area contributed by atoms with Crippen LogP contribution in [-0.2, 0) is 4.74 Å². The van der Waals surface area contributed by atoms with Crippen LogP contribution in [0.1, 0.15) is 22.8 Å². The molecule has 19 heavy (non-hydrogen) atoms. The molecule has 1 aliphatic heterocycles. The van der Waals surface area contributed by atoms with Gasteiger partial charge in [-0.15, -0.1) is 0 Å². The molecular formula is C14H18N2O3. The first-order chi connectivity index (χ1) is 9.08. The molecule has 1 fully saturated rings. The fraction of sp³-hybridized carbons (Fsp3) is 0.429. The Morgan fingerprint density at radius 3 is 2.84 bits per heavy atom. The molecule has 0 aromatic heterocycles. The number of aryl methyl sites for hydroxylation is 1. The zero-order valence-electron chi connectivity index (χ0n) is 11.2. The van der Waals surface area contributed by atoms with Crippen LogP contribution in [0.3, 0.4) is 0 Å². The molecule has 0 aliphatic carbocycles. The summed E-state index contributed by atoms with van der Waals surface area (Å²) in [6, 6.07) is 7.32. The van der Waals surface area contributed by atoms with Gasteiger partial charge >= 0.3 is 6.09 Å². The summed E-state index contributed by atoms with van der Waals surface area (Å²) in [6.45, 7) is 5.26. The minimum Gasteiger partial charge on any atom is -0.448 e. The number of hydrogen-bond donors (Lipinski definition) is 1. The number of nitrogens with zero attached hydrogens (tertiary/aromatic N) is 1. The Balaban J connectivity index is 1.92. The number of cyclic esters (lactones) is 1. The van der Waals surface area contributed by atoms with Crippen LogP contribution in [0.25, 0.3) is 0 Å². The van der Waals surface area contributed by atoms with E-state index in [0.29, 0.717) is 25.3 Å². The molecule has 1 aliphatic rings. The van der Waals surface area contributed by atoms with Crippen LogP contribution in [0.4, 0.5) is 4.79 Å². The van der Waals surface area contributed by atoms with Crippen molar-refractivity contribution in [1.29, 1.82) is 0 Å². The lowest BCUT2D eigenvalue weighted by atomic mass is 10.1. The van der Waals surface area contributed by atoms with Crippen molar-refractivity contribution in [2.45, 2.75) is 19.9 Å². The van der Waals surface area contributed by atoms with Gasteiger partial charge in [0.15, 0.2) is 0 Å². The van der Waals surface area contributed by atoms with Crippen molar-refractivity contribution < 1.29 is 14.3 Å². The Labute approximate surface area is 112 Å². The van der Waals surface area contributed by atoms with Gasteiger partial charge in [0.1, 0.15) is 6.61 Å². The summed E-state index contributed by atoms with van der Waals surface area (Å²) in [5, 5.41) is 2.90. The van der Waals surface area contributed by atoms with E-state index in [0.717, 1.165) is 5.56 Å². The number of amides is 2. The zero-order valence-corrected chi connectivity index (χ0v) is 11.2. The normalized spacial score (nSPS) is 16.1. The molecule has 0 spiro atoms. The van der Waals surface area contributed by atoms with Crippen LogP contribution in [0, 0.1) is 6.92 Å². The van der Waals surface area contributed by atoms with Crippen molar-refractivity contribution in [3.05, 3.63) is 35.4 Å². The second kappa shape index (κ2) is 5.73. The van der Waals surface area contributed by atoms with Gasteiger partial charge in [0.25, 0.3) is 5.91 Å². The quantitative estimate of drug-likeness (QED) is 0.896. The molecule has 102 valence electrons. The molecule has 5 heteroatoms. The third-order valence-electron chi connectivity index (χ3n) is 3.11. The molecular weight excluding hydrogens is 244 g/mol. The van der Waals surface area contributed by atoms with Gasteiger partial charge in [0, 0.05) is 18.2 Å². The van der Waals surface area contributed by atoms with Gasteiger partial charge < -0.3 is 15.0 Å². The SMILES string of the molecule is Cc1ccccc1C(=O)N[C@H](C)CN1CCOC1=O. The maximum absolute atomic E-state index is 12.1. The number of carbonyl (C=O) groups is 2. The van der Waals surface area contributed by atoms with E-state index in [1.165, 1.54) is 0 Å². The molecule has 5 nitrogen and oxygen atoms in total. The molecule has 0 saturated carbocycles. The number of hydrogen-bond acceptors (Lipinski definition) is 3. The molecule has 0 bridgehead atoms. The second-order valence-electron chi connectivity index (χ2n) is 4.75. The van der Waals surface area contributed by atoms with E-state index in [2.05, 4.69) is 5.32 Å². The predicted octanol–water partition coefficient (Wildman–Crippen LogP) is 1.57. The highest BCUT2D eigenvalue weighted by Gasteiger charge is 2.24. The Kier molecular flexibility index (Phi) is 4.04. The number of nitrogens with one attached hydrogen (secondary N) is 1. The highest BCUT2D eigenvalue weighted by Crippen LogP contribution is 2.08. The van der Waals surface area contributed by atoms with Crippen LogP contribution in [0.15, 0.2) is 24.3 Å². The number of ether oxygens (including phenoxy) is 1. The van der Waals surface area contributed by atoms with E-state index in [-0.39, 0.29) is 18.0 Å². The van der Waals surface area contributed by atoms with Gasteiger partial charge in [0.05, 0.1) is 6.54 Å². The lowest BCUT2D eigenvalue weighted by Crippen LogP contribution is -2.42. The molecule has 0 radical (unpaired) electrons. The molecule has 1 atom stereocenters. The summed E-state index contributed by atoms with van der Waals surface area (Å²) in [7, 11) is 0. The smallest absolute Gasteiger partial charge is 0.410 e. The first-order valence-corrected chi connectivity index (χ1v) is 6.36. The van der Waals surface area contributed by atoms with Crippen LogP contribution in [0.5, 0.6) is 0 Å². The topological polar surface area (TPSA) is 58.6 Å². The average Bonchev–Trinajstić information content (AvgIpc) is 2.75. The Morgan fingerprint density at radius 2 is 2.21 bits per heavy atom. The molecule has 1 aromatic carbocycles. The minimum absolute atomic E-state index is 0.113. The van der Waals surface area contributed by atoms with E-state index in [4.69, 9.17) is 4.74 Å². The van der Waals surface area contributed by atoms with Crippen LogP contribution in [-0.4, -0.2) is 42.6 Å². The fourth-order valence-corrected chi connectivity index (χ4v) is 2.10. The predicted molar refractivity (Wildman–Crippen MR) is 71.0 cm³/mol. The second-order valence-corrected chi connectivity index (χ2v) is 4.75. The summed E-state index contributed by atoms with van der Waals surface area (Å²) in [5.74, 6) is -0.113. The Hall–Kier alpha value is -2.04. The van der Waals surface area contributed by atoms with Crippen LogP contribution >= 0.6 is 0 Å². The highest BCUT2D eigenvalue weighted by molar-refractivity contribution is 5.95. The van der Waals surface area contributed by atoms with E-state index < -0.39 is 0 Å². The standard InChI is InChI=1S/C14H18N2O3/c1-10-5-3-4-6-12(10)13(17)15-11(2)9-16-7-8-19-14(16)18/h3-6,11H,7-9H2,1-2H3,(H,15,17)/t11-/m1/s1. The summed E-state index contributed by atoms with van der Waals surface area (Å²) in [4.78, 5) is 25.0. The van der Waals surface area contributed by atoms with Gasteiger partial charge in [-0.3, -0.25) is 4.79 Å². The molecule has 1 aromatic rings. The zero-order chi connectivity index (χ0) is 13.8. The number of carbonyl (C=O) groups excluding carboxylic acids is 2. The van der Waals surface area contributed by atoms with Crippen LogP contribution in [0.2, 0.25) is 0 Å². The molecule has 1 saturated heterocycles. The fourth-order valence-electron chi connectivity index (χ4n) is 2.10. The molecule has 1 heterocycles.